The van der Waals surface area contributed by atoms with Crippen molar-refractivity contribution in [3.05, 3.63) is 18.5 Å². The van der Waals surface area contributed by atoms with E-state index in [9.17, 15) is 9.90 Å². The van der Waals surface area contributed by atoms with Crippen molar-refractivity contribution in [2.24, 2.45) is 0 Å². The first-order chi connectivity index (χ1) is 16.2. The number of aromatic nitrogens is 4. The highest BCUT2D eigenvalue weighted by molar-refractivity contribution is 5.69. The van der Waals surface area contributed by atoms with Gasteiger partial charge in [-0.15, -0.1) is 0 Å². The fourth-order valence-corrected chi connectivity index (χ4v) is 3.92. The number of nitrogen functional groups attached to an aromatic ring is 1. The van der Waals surface area contributed by atoms with Crippen molar-refractivity contribution in [2.45, 2.75) is 38.3 Å². The van der Waals surface area contributed by atoms with Crippen molar-refractivity contribution >= 4 is 23.8 Å². The van der Waals surface area contributed by atoms with Crippen LogP contribution in [0.3, 0.4) is 0 Å². The van der Waals surface area contributed by atoms with Gasteiger partial charge < -0.3 is 35.4 Å². The number of rotatable bonds is 5. The molecule has 0 radical (unpaired) electrons. The summed E-state index contributed by atoms with van der Waals surface area (Å²) in [7, 11) is 0. The van der Waals surface area contributed by atoms with Crippen LogP contribution >= 0.6 is 0 Å². The maximum Gasteiger partial charge on any atom is 0.410 e. The average molecular weight is 473 g/mol. The lowest BCUT2D eigenvalue weighted by Gasteiger charge is -2.31. The van der Waals surface area contributed by atoms with Gasteiger partial charge in [-0.05, 0) is 27.2 Å². The van der Waals surface area contributed by atoms with Gasteiger partial charge in [0.2, 0.25) is 11.9 Å². The summed E-state index contributed by atoms with van der Waals surface area (Å²) >= 11 is 0. The summed E-state index contributed by atoms with van der Waals surface area (Å²) in [6, 6.07) is 1.78. The molecule has 4 N–H and O–H groups in total. The van der Waals surface area contributed by atoms with Crippen molar-refractivity contribution < 1.29 is 19.4 Å². The van der Waals surface area contributed by atoms with E-state index in [1.807, 2.05) is 25.7 Å². The average Bonchev–Trinajstić information content (AvgIpc) is 3.23. The first-order valence-corrected chi connectivity index (χ1v) is 11.3. The second-order valence-electron chi connectivity index (χ2n) is 9.58. The molecule has 2 saturated heterocycles. The molecule has 1 atom stereocenters. The highest BCUT2D eigenvalue weighted by atomic mass is 16.6. The summed E-state index contributed by atoms with van der Waals surface area (Å²) in [5, 5.41) is 13.7. The van der Waals surface area contributed by atoms with E-state index in [0.29, 0.717) is 62.3 Å². The normalized spacial score (nSPS) is 20.9. The van der Waals surface area contributed by atoms with Gasteiger partial charge in [-0.3, -0.25) is 0 Å². The largest absolute Gasteiger partial charge is 0.444 e. The molecular weight excluding hydrogens is 440 g/mol. The maximum atomic E-state index is 12.6. The van der Waals surface area contributed by atoms with Gasteiger partial charge in [0.1, 0.15) is 11.4 Å². The van der Waals surface area contributed by atoms with Gasteiger partial charge in [-0.2, -0.15) is 4.98 Å². The molecule has 0 spiro atoms. The number of aliphatic hydroxyl groups is 1. The number of amides is 1. The summed E-state index contributed by atoms with van der Waals surface area (Å²) in [5.41, 5.74) is 5.60. The van der Waals surface area contributed by atoms with Crippen molar-refractivity contribution in [3.63, 3.8) is 0 Å². The van der Waals surface area contributed by atoms with E-state index >= 15 is 0 Å². The van der Waals surface area contributed by atoms with Crippen LogP contribution in [0.2, 0.25) is 0 Å². The zero-order valence-electron chi connectivity index (χ0n) is 19.8. The molecule has 0 bridgehead atoms. The Morgan fingerprint density at radius 1 is 1.24 bits per heavy atom. The molecule has 2 aliphatic rings. The van der Waals surface area contributed by atoms with E-state index in [-0.39, 0.29) is 19.1 Å². The Kier molecular flexibility index (Phi) is 6.71. The molecule has 12 nitrogen and oxygen atoms in total. The summed E-state index contributed by atoms with van der Waals surface area (Å²) in [4.78, 5) is 33.8. The van der Waals surface area contributed by atoms with Crippen LogP contribution in [0.4, 0.5) is 22.5 Å². The van der Waals surface area contributed by atoms with Crippen LogP contribution in [0.15, 0.2) is 18.5 Å². The van der Waals surface area contributed by atoms with E-state index in [0.717, 1.165) is 0 Å². The topological polar surface area (TPSA) is 152 Å². The second kappa shape index (κ2) is 9.55. The van der Waals surface area contributed by atoms with E-state index in [2.05, 4.69) is 15.3 Å². The lowest BCUT2D eigenvalue weighted by atomic mass is 10.00. The number of anilines is 3. The van der Waals surface area contributed by atoms with Crippen LogP contribution in [0, 0.1) is 0 Å². The summed E-state index contributed by atoms with van der Waals surface area (Å²) < 4.78 is 11.0. The predicted octanol–water partition coefficient (Wildman–Crippen LogP) is 1.14. The fraction of sp³-hybridized carbons (Fsp3) is 0.591. The van der Waals surface area contributed by atoms with Gasteiger partial charge in [0.15, 0.2) is 0 Å². The van der Waals surface area contributed by atoms with Crippen molar-refractivity contribution in [1.82, 2.24) is 24.8 Å². The van der Waals surface area contributed by atoms with Gasteiger partial charge >= 0.3 is 6.09 Å². The Bertz CT molecular complexity index is 1010. The highest BCUT2D eigenvalue weighted by Gasteiger charge is 2.41. The summed E-state index contributed by atoms with van der Waals surface area (Å²) in [6.45, 7) is 8.57. The van der Waals surface area contributed by atoms with E-state index in [4.69, 9.17) is 25.2 Å². The standard InChI is InChI=1S/C22H32N8O4/c1-21(2,3)34-20(32)30-5-4-22(13-30,14-31)28-17-10-16(15-11-24-18(23)25-12-15)26-19(27-17)29-6-8-33-9-7-29/h10-12,31H,4-9,13-14H2,1-3H3,(H2,23,24,25)(H,26,27,28)/t22-/m1/s1. The van der Waals surface area contributed by atoms with Crippen LogP contribution in [-0.4, -0.2) is 93.2 Å². The number of nitrogens with one attached hydrogen (secondary N) is 1. The lowest BCUT2D eigenvalue weighted by Crippen LogP contribution is -2.46. The molecule has 0 saturated carbocycles. The maximum absolute atomic E-state index is 12.6. The molecular formula is C22H32N8O4. The highest BCUT2D eigenvalue weighted by Crippen LogP contribution is 2.29. The minimum Gasteiger partial charge on any atom is -0.444 e. The lowest BCUT2D eigenvalue weighted by molar-refractivity contribution is 0.0281. The zero-order valence-corrected chi connectivity index (χ0v) is 19.8. The van der Waals surface area contributed by atoms with Gasteiger partial charge in [-0.25, -0.2) is 19.7 Å². The van der Waals surface area contributed by atoms with Gasteiger partial charge in [0, 0.05) is 50.2 Å². The number of hydrogen-bond acceptors (Lipinski definition) is 11. The second-order valence-corrected chi connectivity index (χ2v) is 9.58. The summed E-state index contributed by atoms with van der Waals surface area (Å²) in [6.07, 6.45) is 3.36. The molecule has 34 heavy (non-hydrogen) atoms. The Morgan fingerprint density at radius 2 is 1.94 bits per heavy atom. The Labute approximate surface area is 198 Å². The zero-order chi connectivity index (χ0) is 24.3. The molecule has 184 valence electrons. The molecule has 0 unspecified atom stereocenters. The SMILES string of the molecule is CC(C)(C)OC(=O)N1CC[C@@](CO)(Nc2cc(-c3cnc(N)nc3)nc(N3CCOCC3)n2)C1. The number of nitrogens with two attached hydrogens (primary N) is 1. The van der Waals surface area contributed by atoms with Crippen LogP contribution in [-0.2, 0) is 9.47 Å². The van der Waals surface area contributed by atoms with Crippen LogP contribution in [0.1, 0.15) is 27.2 Å². The van der Waals surface area contributed by atoms with E-state index in [1.165, 1.54) is 0 Å². The molecule has 2 aromatic heterocycles. The molecule has 2 aromatic rings. The smallest absolute Gasteiger partial charge is 0.410 e. The molecule has 1 amide bonds. The number of nitrogens with zero attached hydrogens (tertiary/aromatic N) is 6. The first-order valence-electron chi connectivity index (χ1n) is 11.3. The van der Waals surface area contributed by atoms with E-state index in [1.54, 1.807) is 23.4 Å². The molecule has 0 aliphatic carbocycles. The van der Waals surface area contributed by atoms with Crippen LogP contribution in [0.25, 0.3) is 11.3 Å². The third-order valence-electron chi connectivity index (χ3n) is 5.68. The third-order valence-corrected chi connectivity index (χ3v) is 5.68. The molecule has 4 heterocycles. The van der Waals surface area contributed by atoms with Crippen LogP contribution < -0.4 is 16.0 Å². The molecule has 0 aromatic carbocycles. The number of hydrogen-bond donors (Lipinski definition) is 3. The van der Waals surface area contributed by atoms with Crippen LogP contribution in [0.5, 0.6) is 0 Å². The Morgan fingerprint density at radius 3 is 2.59 bits per heavy atom. The number of aliphatic hydroxyl groups excluding tert-OH is 1. The van der Waals surface area contributed by atoms with Gasteiger partial charge in [0.25, 0.3) is 0 Å². The van der Waals surface area contributed by atoms with Gasteiger partial charge in [-0.1, -0.05) is 0 Å². The minimum atomic E-state index is -0.761. The third kappa shape index (κ3) is 5.62. The quantitative estimate of drug-likeness (QED) is 0.574. The number of carbonyl (C=O) groups is 1. The summed E-state index contributed by atoms with van der Waals surface area (Å²) in [5.74, 6) is 1.25. The van der Waals surface area contributed by atoms with Crippen molar-refractivity contribution in [2.75, 3.05) is 62.0 Å². The first kappa shape index (κ1) is 23.9. The number of likely N-dealkylation sites (tertiary alicyclic amines) is 1. The molecule has 4 rings (SSSR count). The number of ether oxygens (including phenoxy) is 2. The minimum absolute atomic E-state index is 0.177. The predicted molar refractivity (Wildman–Crippen MR) is 126 cm³/mol. The Hall–Kier alpha value is -3.25. The molecule has 2 aliphatic heterocycles. The number of morpholine rings is 1. The van der Waals surface area contributed by atoms with Gasteiger partial charge in [0.05, 0.1) is 31.1 Å². The Balaban J connectivity index is 1.61. The van der Waals surface area contributed by atoms with Crippen molar-refractivity contribution in [3.8, 4) is 11.3 Å². The monoisotopic (exact) mass is 472 g/mol. The fourth-order valence-electron chi connectivity index (χ4n) is 3.92. The molecule has 12 heteroatoms. The van der Waals surface area contributed by atoms with E-state index < -0.39 is 17.2 Å². The number of carbonyl (C=O) groups excluding carboxylic acids is 1. The molecule has 2 fully saturated rings. The van der Waals surface area contributed by atoms with Crippen molar-refractivity contribution in [1.29, 1.82) is 0 Å².